The second-order valence-corrected chi connectivity index (χ2v) is 7.88. The lowest BCUT2D eigenvalue weighted by atomic mass is 9.93. The fourth-order valence-electron chi connectivity index (χ4n) is 4.15. The molecule has 170 valence electrons. The van der Waals surface area contributed by atoms with Crippen LogP contribution in [0.3, 0.4) is 0 Å². The predicted octanol–water partition coefficient (Wildman–Crippen LogP) is 3.93. The summed E-state index contributed by atoms with van der Waals surface area (Å²) in [6.07, 6.45) is 0.774. The molecule has 0 saturated carbocycles. The minimum Gasteiger partial charge on any atom is -0.503 e. The van der Waals surface area contributed by atoms with Gasteiger partial charge in [0.15, 0.2) is 11.5 Å². The summed E-state index contributed by atoms with van der Waals surface area (Å²) in [4.78, 5) is 30.1. The number of hydrogen-bond acceptors (Lipinski definition) is 5. The maximum Gasteiger partial charge on any atom is 0.290 e. The van der Waals surface area contributed by atoms with Crippen LogP contribution in [-0.4, -0.2) is 59.9 Å². The van der Waals surface area contributed by atoms with E-state index in [0.717, 1.165) is 24.2 Å². The number of Topliss-reactive ketones (excluding diaryl/α,β-unsaturated/α-hetero) is 1. The number of aliphatic hydroxyl groups is 1. The molecule has 1 heterocycles. The van der Waals surface area contributed by atoms with Crippen LogP contribution < -0.4 is 4.74 Å². The molecule has 1 amide bonds. The molecule has 32 heavy (non-hydrogen) atoms. The molecule has 3 rings (SSSR count). The van der Waals surface area contributed by atoms with Gasteiger partial charge in [-0.1, -0.05) is 56.3 Å². The van der Waals surface area contributed by atoms with E-state index in [2.05, 4.69) is 18.7 Å². The number of carbonyl (C=O) groups is 2. The summed E-state index contributed by atoms with van der Waals surface area (Å²) in [6, 6.07) is 16.5. The van der Waals surface area contributed by atoms with E-state index in [1.807, 2.05) is 54.6 Å². The highest BCUT2D eigenvalue weighted by Gasteiger charge is 2.43. The molecule has 0 bridgehead atoms. The first-order chi connectivity index (χ1) is 15.5. The number of benzene rings is 2. The number of nitrogens with zero attached hydrogens (tertiary/aromatic N) is 2. The largest absolute Gasteiger partial charge is 0.503 e. The molecule has 0 aromatic heterocycles. The average molecular weight is 437 g/mol. The van der Waals surface area contributed by atoms with Gasteiger partial charge in [0, 0.05) is 19.5 Å². The lowest BCUT2D eigenvalue weighted by Crippen LogP contribution is -2.38. The van der Waals surface area contributed by atoms with Crippen LogP contribution >= 0.6 is 0 Å². The van der Waals surface area contributed by atoms with Gasteiger partial charge in [0.1, 0.15) is 5.75 Å². The highest BCUT2D eigenvalue weighted by atomic mass is 16.5. The van der Waals surface area contributed by atoms with Crippen molar-refractivity contribution in [2.24, 2.45) is 0 Å². The Hall–Kier alpha value is -3.12. The number of aliphatic hydroxyl groups excluding tert-OH is 1. The van der Waals surface area contributed by atoms with Crippen LogP contribution in [0, 0.1) is 0 Å². The van der Waals surface area contributed by atoms with E-state index in [4.69, 9.17) is 4.74 Å². The Morgan fingerprint density at radius 2 is 1.81 bits per heavy atom. The lowest BCUT2D eigenvalue weighted by Gasteiger charge is -2.29. The molecule has 2 aromatic carbocycles. The van der Waals surface area contributed by atoms with Crippen LogP contribution in [0.15, 0.2) is 65.9 Å². The molecule has 1 aliphatic rings. The lowest BCUT2D eigenvalue weighted by molar-refractivity contribution is -0.129. The SMILES string of the molecule is CCN(CC)CCN1C(=O)C(O)=C(C(=O)CCc2ccccc2)C1c1cccc(OC)c1. The van der Waals surface area contributed by atoms with Crippen molar-refractivity contribution in [3.05, 3.63) is 77.1 Å². The molecule has 0 saturated heterocycles. The summed E-state index contributed by atoms with van der Waals surface area (Å²) < 4.78 is 5.36. The molecular formula is C26H32N2O4. The number of amides is 1. The molecule has 1 aliphatic heterocycles. The Morgan fingerprint density at radius 3 is 2.47 bits per heavy atom. The zero-order chi connectivity index (χ0) is 23.1. The quantitative estimate of drug-likeness (QED) is 0.578. The van der Waals surface area contributed by atoms with E-state index in [1.54, 1.807) is 12.0 Å². The van der Waals surface area contributed by atoms with Gasteiger partial charge in [-0.05, 0) is 42.8 Å². The topological polar surface area (TPSA) is 70.1 Å². The second kappa shape index (κ2) is 11.0. The zero-order valence-electron chi connectivity index (χ0n) is 19.1. The molecule has 0 fully saturated rings. The number of ketones is 1. The van der Waals surface area contributed by atoms with Gasteiger partial charge >= 0.3 is 0 Å². The maximum absolute atomic E-state index is 13.3. The van der Waals surface area contributed by atoms with Crippen LogP contribution in [0.25, 0.3) is 0 Å². The number of methoxy groups -OCH3 is 1. The summed E-state index contributed by atoms with van der Waals surface area (Å²) >= 11 is 0. The molecule has 0 aliphatic carbocycles. The second-order valence-electron chi connectivity index (χ2n) is 7.88. The third-order valence-corrected chi connectivity index (χ3v) is 6.05. The van der Waals surface area contributed by atoms with Crippen molar-refractivity contribution >= 4 is 11.7 Å². The molecule has 1 unspecified atom stereocenters. The van der Waals surface area contributed by atoms with Gasteiger partial charge in [0.05, 0.1) is 18.7 Å². The van der Waals surface area contributed by atoms with E-state index in [1.165, 1.54) is 0 Å². The number of hydrogen-bond donors (Lipinski definition) is 1. The van der Waals surface area contributed by atoms with Crippen molar-refractivity contribution in [3.63, 3.8) is 0 Å². The van der Waals surface area contributed by atoms with Gasteiger partial charge in [0.25, 0.3) is 5.91 Å². The third kappa shape index (κ3) is 5.19. The smallest absolute Gasteiger partial charge is 0.290 e. The molecule has 1 N–H and O–H groups in total. The van der Waals surface area contributed by atoms with Gasteiger partial charge in [0.2, 0.25) is 0 Å². The predicted molar refractivity (Wildman–Crippen MR) is 125 cm³/mol. The number of carbonyl (C=O) groups excluding carboxylic acids is 2. The number of rotatable bonds is 11. The molecule has 2 aromatic rings. The van der Waals surface area contributed by atoms with Gasteiger partial charge in [-0.25, -0.2) is 0 Å². The molecular weight excluding hydrogens is 404 g/mol. The summed E-state index contributed by atoms with van der Waals surface area (Å²) in [5.74, 6) is -0.498. The van der Waals surface area contributed by atoms with Crippen molar-refractivity contribution < 1.29 is 19.4 Å². The van der Waals surface area contributed by atoms with Crippen LogP contribution in [0.1, 0.15) is 37.4 Å². The van der Waals surface area contributed by atoms with Gasteiger partial charge < -0.3 is 19.6 Å². The van der Waals surface area contributed by atoms with Gasteiger partial charge in [-0.15, -0.1) is 0 Å². The summed E-state index contributed by atoms with van der Waals surface area (Å²) in [6.45, 7) is 6.96. The van der Waals surface area contributed by atoms with E-state index in [9.17, 15) is 14.7 Å². The Kier molecular flexibility index (Phi) is 8.06. The molecule has 0 radical (unpaired) electrons. The molecule has 0 spiro atoms. The van der Waals surface area contributed by atoms with Crippen molar-refractivity contribution in [3.8, 4) is 5.75 Å². The zero-order valence-corrected chi connectivity index (χ0v) is 19.1. The van der Waals surface area contributed by atoms with Gasteiger partial charge in [-0.2, -0.15) is 0 Å². The standard InChI is InChI=1S/C26H32N2O4/c1-4-27(5-2)16-17-28-24(20-12-9-13-21(18-20)32-3)23(25(30)26(28)31)22(29)15-14-19-10-7-6-8-11-19/h6-13,18,24,30H,4-5,14-17H2,1-3H3. The number of ether oxygens (including phenoxy) is 1. The third-order valence-electron chi connectivity index (χ3n) is 6.05. The Balaban J connectivity index is 1.91. The minimum absolute atomic E-state index is 0.179. The Bertz CT molecular complexity index is 967. The van der Waals surface area contributed by atoms with Crippen LogP contribution in [-0.2, 0) is 16.0 Å². The first-order valence-corrected chi connectivity index (χ1v) is 11.2. The average Bonchev–Trinajstić information content (AvgIpc) is 3.09. The molecule has 1 atom stereocenters. The van der Waals surface area contributed by atoms with E-state index >= 15 is 0 Å². The highest BCUT2D eigenvalue weighted by Crippen LogP contribution is 2.39. The highest BCUT2D eigenvalue weighted by molar-refractivity contribution is 6.09. The fraction of sp³-hybridized carbons (Fsp3) is 0.385. The summed E-state index contributed by atoms with van der Waals surface area (Å²) in [5, 5.41) is 10.8. The van der Waals surface area contributed by atoms with Crippen molar-refractivity contribution in [2.75, 3.05) is 33.3 Å². The molecule has 6 nitrogen and oxygen atoms in total. The molecule has 6 heteroatoms. The van der Waals surface area contributed by atoms with Crippen molar-refractivity contribution in [2.45, 2.75) is 32.7 Å². The minimum atomic E-state index is -0.628. The first kappa shape index (κ1) is 23.5. The Labute approximate surface area is 190 Å². The number of aryl methyl sites for hydroxylation is 1. The first-order valence-electron chi connectivity index (χ1n) is 11.2. The maximum atomic E-state index is 13.3. The van der Waals surface area contributed by atoms with Crippen LogP contribution in [0.2, 0.25) is 0 Å². The van der Waals surface area contributed by atoms with Crippen molar-refractivity contribution in [1.82, 2.24) is 9.80 Å². The summed E-state index contributed by atoms with van der Waals surface area (Å²) in [7, 11) is 1.58. The normalized spacial score (nSPS) is 16.2. The Morgan fingerprint density at radius 1 is 1.09 bits per heavy atom. The van der Waals surface area contributed by atoms with Gasteiger partial charge in [-0.3, -0.25) is 9.59 Å². The number of likely N-dealkylation sites (N-methyl/N-ethyl adjacent to an activating group) is 1. The van der Waals surface area contributed by atoms with Crippen LogP contribution in [0.4, 0.5) is 0 Å². The van der Waals surface area contributed by atoms with Crippen LogP contribution in [0.5, 0.6) is 5.75 Å². The fourth-order valence-corrected chi connectivity index (χ4v) is 4.15. The van der Waals surface area contributed by atoms with Crippen molar-refractivity contribution in [1.29, 1.82) is 0 Å². The van der Waals surface area contributed by atoms with E-state index in [-0.39, 0.29) is 17.8 Å². The monoisotopic (exact) mass is 436 g/mol. The van der Waals surface area contributed by atoms with E-state index < -0.39 is 17.7 Å². The van der Waals surface area contributed by atoms with E-state index in [0.29, 0.717) is 25.3 Å². The summed E-state index contributed by atoms with van der Waals surface area (Å²) in [5.41, 5.74) is 1.98.